The summed E-state index contributed by atoms with van der Waals surface area (Å²) in [6.45, 7) is 1.13. The van der Waals surface area contributed by atoms with Crippen molar-refractivity contribution in [3.8, 4) is 0 Å². The third-order valence-electron chi connectivity index (χ3n) is 1.12. The summed E-state index contributed by atoms with van der Waals surface area (Å²) in [7, 11) is 0. The highest BCUT2D eigenvalue weighted by atomic mass is 16.5. The second kappa shape index (κ2) is 1.99. The molecule has 1 atom stereocenters. The molecule has 0 aromatic carbocycles. The van der Waals surface area contributed by atoms with E-state index in [4.69, 9.17) is 15.6 Å². The number of aliphatic hydroxyl groups is 1. The quantitative estimate of drug-likeness (QED) is 0.380. The van der Waals surface area contributed by atoms with Gasteiger partial charge in [-0.15, -0.1) is 0 Å². The molecule has 0 aliphatic carbocycles. The Bertz CT molecular complexity index is 80.1. The van der Waals surface area contributed by atoms with Gasteiger partial charge in [0, 0.05) is 6.54 Å². The molecule has 1 rings (SSSR count). The summed E-state index contributed by atoms with van der Waals surface area (Å²) in [5.74, 6) is -0.958. The average Bonchev–Trinajstić information content (AvgIpc) is 2.17. The van der Waals surface area contributed by atoms with Gasteiger partial charge in [0.05, 0.1) is 6.61 Å². The van der Waals surface area contributed by atoms with Crippen LogP contribution in [0.2, 0.25) is 0 Å². The molecule has 4 nitrogen and oxygen atoms in total. The molecule has 0 spiro atoms. The van der Waals surface area contributed by atoms with Crippen LogP contribution in [0.15, 0.2) is 0 Å². The van der Waals surface area contributed by atoms with E-state index in [2.05, 4.69) is 5.32 Å². The van der Waals surface area contributed by atoms with Gasteiger partial charge in [-0.2, -0.15) is 0 Å². The molecular weight excluding hydrogens is 108 g/mol. The lowest BCUT2D eigenvalue weighted by molar-refractivity contribution is -0.0465. The smallest absolute Gasteiger partial charge is 0.196 e. The van der Waals surface area contributed by atoms with E-state index in [0.29, 0.717) is 6.61 Å². The van der Waals surface area contributed by atoms with Gasteiger partial charge in [0.2, 0.25) is 0 Å². The molecule has 4 N–H and O–H groups in total. The van der Waals surface area contributed by atoms with Crippen LogP contribution in [-0.4, -0.2) is 30.7 Å². The highest BCUT2D eigenvalue weighted by molar-refractivity contribution is 4.73. The van der Waals surface area contributed by atoms with Crippen molar-refractivity contribution in [3.63, 3.8) is 0 Å². The Balaban J connectivity index is 2.40. The van der Waals surface area contributed by atoms with Crippen molar-refractivity contribution >= 4 is 0 Å². The second-order valence-corrected chi connectivity index (χ2v) is 1.82. The fourth-order valence-electron chi connectivity index (χ4n) is 0.648. The molecule has 48 valence electrons. The summed E-state index contributed by atoms with van der Waals surface area (Å²) in [6, 6.07) is 0. The summed E-state index contributed by atoms with van der Waals surface area (Å²) in [6.07, 6.45) is 0. The molecule has 1 unspecified atom stereocenters. The zero-order valence-electron chi connectivity index (χ0n) is 4.55. The normalized spacial score (nSPS) is 38.2. The van der Waals surface area contributed by atoms with Crippen molar-refractivity contribution in [1.29, 1.82) is 0 Å². The Morgan fingerprint density at radius 2 is 2.62 bits per heavy atom. The van der Waals surface area contributed by atoms with Gasteiger partial charge in [-0.3, -0.25) is 11.1 Å². The van der Waals surface area contributed by atoms with Crippen LogP contribution < -0.4 is 11.1 Å². The molecule has 0 radical (unpaired) electrons. The van der Waals surface area contributed by atoms with E-state index in [0.717, 1.165) is 6.54 Å². The molecule has 0 bridgehead atoms. The van der Waals surface area contributed by atoms with E-state index in [1.807, 2.05) is 0 Å². The molecule has 1 aliphatic heterocycles. The van der Waals surface area contributed by atoms with Gasteiger partial charge in [-0.1, -0.05) is 0 Å². The minimum Gasteiger partial charge on any atom is -0.390 e. The monoisotopic (exact) mass is 118 g/mol. The minimum absolute atomic E-state index is 0.174. The van der Waals surface area contributed by atoms with Crippen LogP contribution in [0.5, 0.6) is 0 Å². The second-order valence-electron chi connectivity index (χ2n) is 1.82. The van der Waals surface area contributed by atoms with Crippen LogP contribution in [0.3, 0.4) is 0 Å². The number of aliphatic hydroxyl groups excluding tert-OH is 1. The van der Waals surface area contributed by atoms with Gasteiger partial charge in [0.25, 0.3) is 0 Å². The summed E-state index contributed by atoms with van der Waals surface area (Å²) in [5.41, 5.74) is 5.38. The zero-order chi connectivity index (χ0) is 6.04. The SMILES string of the molecule is NC1(CO)NCCO1. The fraction of sp³-hybridized carbons (Fsp3) is 1.00. The highest BCUT2D eigenvalue weighted by Crippen LogP contribution is 2.01. The van der Waals surface area contributed by atoms with Crippen molar-refractivity contribution < 1.29 is 9.84 Å². The predicted molar refractivity (Wildman–Crippen MR) is 28.0 cm³/mol. The summed E-state index contributed by atoms with van der Waals surface area (Å²) < 4.78 is 4.91. The molecular formula is C4H10N2O2. The summed E-state index contributed by atoms with van der Waals surface area (Å²) >= 11 is 0. The number of hydrogen-bond donors (Lipinski definition) is 3. The van der Waals surface area contributed by atoms with Gasteiger partial charge in [-0.25, -0.2) is 0 Å². The van der Waals surface area contributed by atoms with E-state index in [-0.39, 0.29) is 6.61 Å². The Morgan fingerprint density at radius 3 is 2.88 bits per heavy atom. The van der Waals surface area contributed by atoms with Crippen LogP contribution in [0.1, 0.15) is 0 Å². The maximum Gasteiger partial charge on any atom is 0.196 e. The molecule has 0 aromatic rings. The molecule has 0 saturated carbocycles. The van der Waals surface area contributed by atoms with Gasteiger partial charge >= 0.3 is 0 Å². The molecule has 1 fully saturated rings. The number of rotatable bonds is 1. The van der Waals surface area contributed by atoms with E-state index >= 15 is 0 Å². The zero-order valence-corrected chi connectivity index (χ0v) is 4.55. The number of ether oxygens (including phenoxy) is 1. The van der Waals surface area contributed by atoms with Crippen LogP contribution in [0.4, 0.5) is 0 Å². The van der Waals surface area contributed by atoms with E-state index in [1.54, 1.807) is 0 Å². The Morgan fingerprint density at radius 1 is 1.88 bits per heavy atom. The fourth-order valence-corrected chi connectivity index (χ4v) is 0.648. The Hall–Kier alpha value is -0.160. The first-order valence-electron chi connectivity index (χ1n) is 2.55. The third kappa shape index (κ3) is 0.976. The van der Waals surface area contributed by atoms with E-state index in [1.165, 1.54) is 0 Å². The van der Waals surface area contributed by atoms with Crippen molar-refractivity contribution in [2.24, 2.45) is 5.73 Å². The molecule has 1 saturated heterocycles. The maximum absolute atomic E-state index is 8.51. The maximum atomic E-state index is 8.51. The first-order valence-corrected chi connectivity index (χ1v) is 2.55. The molecule has 0 amide bonds. The number of nitrogens with one attached hydrogen (secondary N) is 1. The van der Waals surface area contributed by atoms with Crippen molar-refractivity contribution in [1.82, 2.24) is 5.32 Å². The van der Waals surface area contributed by atoms with E-state index in [9.17, 15) is 0 Å². The van der Waals surface area contributed by atoms with Crippen molar-refractivity contribution in [3.05, 3.63) is 0 Å². The van der Waals surface area contributed by atoms with Gasteiger partial charge < -0.3 is 9.84 Å². The molecule has 0 aromatic heterocycles. The third-order valence-corrected chi connectivity index (χ3v) is 1.12. The molecule has 4 heteroatoms. The van der Waals surface area contributed by atoms with Crippen LogP contribution >= 0.6 is 0 Å². The highest BCUT2D eigenvalue weighted by Gasteiger charge is 2.28. The predicted octanol–water partition coefficient (Wildman–Crippen LogP) is -1.79. The number of hydrogen-bond acceptors (Lipinski definition) is 4. The first-order chi connectivity index (χ1) is 3.77. The lowest BCUT2D eigenvalue weighted by atomic mass is 10.5. The van der Waals surface area contributed by atoms with Crippen LogP contribution in [-0.2, 0) is 4.74 Å². The number of nitrogens with two attached hydrogens (primary N) is 1. The Kier molecular flexibility index (Phi) is 1.48. The van der Waals surface area contributed by atoms with Crippen molar-refractivity contribution in [2.45, 2.75) is 5.85 Å². The van der Waals surface area contributed by atoms with Gasteiger partial charge in [-0.05, 0) is 0 Å². The minimum atomic E-state index is -0.958. The molecule has 1 heterocycles. The van der Waals surface area contributed by atoms with Crippen LogP contribution in [0.25, 0.3) is 0 Å². The molecule has 8 heavy (non-hydrogen) atoms. The van der Waals surface area contributed by atoms with E-state index < -0.39 is 5.85 Å². The molecule has 1 aliphatic rings. The first kappa shape index (κ1) is 5.97. The standard InChI is InChI=1S/C4H10N2O2/c5-4(3-7)6-1-2-8-4/h6-7H,1-3,5H2. The average molecular weight is 118 g/mol. The Labute approximate surface area is 47.6 Å². The van der Waals surface area contributed by atoms with Gasteiger partial charge in [0.1, 0.15) is 6.61 Å². The van der Waals surface area contributed by atoms with Crippen molar-refractivity contribution in [2.75, 3.05) is 19.8 Å². The lowest BCUT2D eigenvalue weighted by Crippen LogP contribution is -2.53. The van der Waals surface area contributed by atoms with Crippen LogP contribution in [0, 0.1) is 0 Å². The topological polar surface area (TPSA) is 67.5 Å². The summed E-state index contributed by atoms with van der Waals surface area (Å²) in [4.78, 5) is 0. The largest absolute Gasteiger partial charge is 0.390 e. The van der Waals surface area contributed by atoms with Gasteiger partial charge in [0.15, 0.2) is 5.85 Å². The lowest BCUT2D eigenvalue weighted by Gasteiger charge is -2.18. The summed E-state index contributed by atoms with van der Waals surface area (Å²) in [5, 5.41) is 11.3.